The van der Waals surface area contributed by atoms with Gasteiger partial charge >= 0.3 is 0 Å². The molecule has 1 aromatic heterocycles. The Balaban J connectivity index is 2.86. The number of rotatable bonds is 6. The molecular weight excluding hydrogens is 230 g/mol. The Morgan fingerprint density at radius 1 is 1.35 bits per heavy atom. The molecule has 1 aromatic rings. The van der Waals surface area contributed by atoms with E-state index < -0.39 is 0 Å². The lowest BCUT2D eigenvalue weighted by molar-refractivity contribution is 0.580. The maximum atomic E-state index is 4.53. The Morgan fingerprint density at radius 2 is 2.00 bits per heavy atom. The fourth-order valence-electron chi connectivity index (χ4n) is 1.61. The van der Waals surface area contributed by atoms with Gasteiger partial charge in [-0.2, -0.15) is 5.10 Å². The van der Waals surface area contributed by atoms with E-state index in [2.05, 4.69) is 45.0 Å². The predicted molar refractivity (Wildman–Crippen MR) is 75.5 cm³/mol. The summed E-state index contributed by atoms with van der Waals surface area (Å²) >= 11 is 1.93. The minimum Gasteiger partial charge on any atom is -0.310 e. The molecular formula is C13H25N3S. The van der Waals surface area contributed by atoms with Crippen molar-refractivity contribution in [3.63, 3.8) is 0 Å². The summed E-state index contributed by atoms with van der Waals surface area (Å²) in [5.74, 6) is 0. The van der Waals surface area contributed by atoms with Crippen molar-refractivity contribution in [3.05, 3.63) is 11.3 Å². The topological polar surface area (TPSA) is 29.9 Å². The largest absolute Gasteiger partial charge is 0.310 e. The van der Waals surface area contributed by atoms with Crippen molar-refractivity contribution in [1.82, 2.24) is 15.1 Å². The lowest BCUT2D eigenvalue weighted by atomic mass is 10.2. The summed E-state index contributed by atoms with van der Waals surface area (Å²) < 4.78 is 2.02. The number of nitrogens with one attached hydrogen (secondary N) is 1. The second-order valence-corrected chi connectivity index (χ2v) is 6.29. The molecule has 0 amide bonds. The Labute approximate surface area is 109 Å². The molecule has 0 spiro atoms. The van der Waals surface area contributed by atoms with Crippen molar-refractivity contribution in [1.29, 1.82) is 0 Å². The van der Waals surface area contributed by atoms with E-state index in [1.165, 1.54) is 17.0 Å². The van der Waals surface area contributed by atoms with E-state index in [0.717, 1.165) is 12.2 Å². The fourth-order valence-corrected chi connectivity index (χ4v) is 2.72. The number of thioether (sulfide) groups is 1. The molecule has 0 fully saturated rings. The monoisotopic (exact) mass is 255 g/mol. The summed E-state index contributed by atoms with van der Waals surface area (Å²) in [5, 5.41) is 9.96. The molecule has 17 heavy (non-hydrogen) atoms. The van der Waals surface area contributed by atoms with Gasteiger partial charge in [0.1, 0.15) is 0 Å². The Bertz CT molecular complexity index is 358. The molecule has 0 bridgehead atoms. The van der Waals surface area contributed by atoms with E-state index >= 15 is 0 Å². The highest BCUT2D eigenvalue weighted by Gasteiger charge is 2.15. The van der Waals surface area contributed by atoms with Crippen LogP contribution in [0.25, 0.3) is 0 Å². The third kappa shape index (κ3) is 4.03. The van der Waals surface area contributed by atoms with Gasteiger partial charge in [0.15, 0.2) is 0 Å². The van der Waals surface area contributed by atoms with Gasteiger partial charge < -0.3 is 5.32 Å². The molecule has 1 N–H and O–H groups in total. The molecule has 0 aliphatic carbocycles. The number of hydrogen-bond acceptors (Lipinski definition) is 3. The summed E-state index contributed by atoms with van der Waals surface area (Å²) in [4.78, 5) is 0. The zero-order valence-electron chi connectivity index (χ0n) is 11.9. The van der Waals surface area contributed by atoms with Crippen LogP contribution >= 0.6 is 11.8 Å². The average Bonchev–Trinajstić information content (AvgIpc) is 2.51. The predicted octanol–water partition coefficient (Wildman–Crippen LogP) is 3.12. The van der Waals surface area contributed by atoms with E-state index in [9.17, 15) is 0 Å². The van der Waals surface area contributed by atoms with Crippen LogP contribution in [0, 0.1) is 6.92 Å². The van der Waals surface area contributed by atoms with Gasteiger partial charge in [0.2, 0.25) is 0 Å². The first-order chi connectivity index (χ1) is 7.95. The van der Waals surface area contributed by atoms with Crippen molar-refractivity contribution < 1.29 is 0 Å². The van der Waals surface area contributed by atoms with Crippen molar-refractivity contribution in [2.45, 2.75) is 63.9 Å². The third-order valence-electron chi connectivity index (χ3n) is 2.86. The number of aryl methyl sites for hydroxylation is 2. The van der Waals surface area contributed by atoms with E-state index in [1.807, 2.05) is 23.5 Å². The van der Waals surface area contributed by atoms with Gasteiger partial charge in [0, 0.05) is 30.4 Å². The number of nitrogens with zero attached hydrogens (tertiary/aromatic N) is 2. The maximum Gasteiger partial charge on any atom is 0.0987 e. The van der Waals surface area contributed by atoms with Crippen LogP contribution in [0.4, 0.5) is 0 Å². The van der Waals surface area contributed by atoms with Crippen molar-refractivity contribution >= 4 is 11.8 Å². The molecule has 1 heterocycles. The quantitative estimate of drug-likeness (QED) is 0.792. The molecule has 1 unspecified atom stereocenters. The zero-order valence-corrected chi connectivity index (χ0v) is 12.7. The Kier molecular flexibility index (Phi) is 5.53. The van der Waals surface area contributed by atoms with Gasteiger partial charge in [-0.3, -0.25) is 4.68 Å². The Morgan fingerprint density at radius 3 is 2.53 bits per heavy atom. The minimum atomic E-state index is 0.510. The summed E-state index contributed by atoms with van der Waals surface area (Å²) in [6.07, 6.45) is 1.19. The van der Waals surface area contributed by atoms with E-state index in [1.54, 1.807) is 0 Å². The second-order valence-electron chi connectivity index (χ2n) is 4.87. The van der Waals surface area contributed by atoms with E-state index in [-0.39, 0.29) is 0 Å². The van der Waals surface area contributed by atoms with Crippen LogP contribution in [0.1, 0.15) is 45.4 Å². The smallest absolute Gasteiger partial charge is 0.0987 e. The van der Waals surface area contributed by atoms with Crippen LogP contribution in [-0.4, -0.2) is 21.1 Å². The van der Waals surface area contributed by atoms with Gasteiger partial charge in [-0.1, -0.05) is 27.7 Å². The standard InChI is InChI=1S/C13H25N3S/c1-7-10(4)17-13-12(8-14-9(2)3)11(5)15-16(13)6/h9-10,14H,7-8H2,1-6H3. The molecule has 1 rings (SSSR count). The number of hydrogen-bond donors (Lipinski definition) is 1. The minimum absolute atomic E-state index is 0.510. The SMILES string of the molecule is CCC(C)Sc1c(CNC(C)C)c(C)nn1C. The summed E-state index contributed by atoms with van der Waals surface area (Å²) in [6.45, 7) is 11.9. The zero-order chi connectivity index (χ0) is 13.0. The fraction of sp³-hybridized carbons (Fsp3) is 0.769. The third-order valence-corrected chi connectivity index (χ3v) is 4.33. The average molecular weight is 255 g/mol. The molecule has 1 atom stereocenters. The second kappa shape index (κ2) is 6.45. The highest BCUT2D eigenvalue weighted by molar-refractivity contribution is 7.99. The van der Waals surface area contributed by atoms with Gasteiger partial charge in [-0.05, 0) is 13.3 Å². The normalized spacial score (nSPS) is 13.4. The van der Waals surface area contributed by atoms with Crippen LogP contribution in [0.3, 0.4) is 0 Å². The van der Waals surface area contributed by atoms with Gasteiger partial charge in [0.05, 0.1) is 10.7 Å². The molecule has 4 heteroatoms. The van der Waals surface area contributed by atoms with Crippen LogP contribution in [0.5, 0.6) is 0 Å². The van der Waals surface area contributed by atoms with Crippen LogP contribution in [0.15, 0.2) is 5.03 Å². The number of aromatic nitrogens is 2. The van der Waals surface area contributed by atoms with E-state index in [4.69, 9.17) is 0 Å². The van der Waals surface area contributed by atoms with Crippen molar-refractivity contribution in [2.24, 2.45) is 7.05 Å². The van der Waals surface area contributed by atoms with Crippen molar-refractivity contribution in [3.8, 4) is 0 Å². The molecule has 98 valence electrons. The highest BCUT2D eigenvalue weighted by Crippen LogP contribution is 2.29. The maximum absolute atomic E-state index is 4.53. The van der Waals surface area contributed by atoms with Crippen LogP contribution in [-0.2, 0) is 13.6 Å². The molecule has 0 aromatic carbocycles. The summed E-state index contributed by atoms with van der Waals surface area (Å²) in [6, 6.07) is 0.510. The van der Waals surface area contributed by atoms with Gasteiger partial charge in [-0.15, -0.1) is 11.8 Å². The molecule has 0 saturated carbocycles. The molecule has 3 nitrogen and oxygen atoms in total. The first-order valence-corrected chi connectivity index (χ1v) is 7.26. The first kappa shape index (κ1) is 14.6. The van der Waals surface area contributed by atoms with Gasteiger partial charge in [0.25, 0.3) is 0 Å². The lowest BCUT2D eigenvalue weighted by Gasteiger charge is -2.12. The summed E-state index contributed by atoms with van der Waals surface area (Å²) in [5.41, 5.74) is 2.50. The van der Waals surface area contributed by atoms with E-state index in [0.29, 0.717) is 11.3 Å². The molecule has 0 saturated heterocycles. The Hall–Kier alpha value is -0.480. The van der Waals surface area contributed by atoms with Crippen LogP contribution in [0.2, 0.25) is 0 Å². The summed E-state index contributed by atoms with van der Waals surface area (Å²) in [7, 11) is 2.04. The van der Waals surface area contributed by atoms with Gasteiger partial charge in [-0.25, -0.2) is 0 Å². The highest BCUT2D eigenvalue weighted by atomic mass is 32.2. The molecule has 0 aliphatic rings. The lowest BCUT2D eigenvalue weighted by Crippen LogP contribution is -2.22. The first-order valence-electron chi connectivity index (χ1n) is 6.38. The van der Waals surface area contributed by atoms with Crippen molar-refractivity contribution in [2.75, 3.05) is 0 Å². The molecule has 0 aliphatic heterocycles. The molecule has 0 radical (unpaired) electrons. The van der Waals surface area contributed by atoms with Crippen LogP contribution < -0.4 is 5.32 Å².